The van der Waals surface area contributed by atoms with Gasteiger partial charge in [0.25, 0.3) is 0 Å². The fourth-order valence-corrected chi connectivity index (χ4v) is 3.54. The molecule has 0 spiro atoms. The average Bonchev–Trinajstić information content (AvgIpc) is 2.37. The van der Waals surface area contributed by atoms with Gasteiger partial charge in [-0.1, -0.05) is 42.5 Å². The Balaban J connectivity index is 2.46. The molecule has 1 atom stereocenters. The van der Waals surface area contributed by atoms with E-state index in [2.05, 4.69) is 11.3 Å². The Hall–Kier alpha value is -1.65. The summed E-state index contributed by atoms with van der Waals surface area (Å²) in [6.07, 6.45) is 2.31. The summed E-state index contributed by atoms with van der Waals surface area (Å²) in [5.41, 5.74) is 0. The quantitative estimate of drug-likeness (QED) is 0.852. The Kier molecular flexibility index (Phi) is 4.02. The van der Waals surface area contributed by atoms with Crippen LogP contribution in [-0.4, -0.2) is 14.5 Å². The Bertz CT molecular complexity index is 687. The Labute approximate surface area is 114 Å². The van der Waals surface area contributed by atoms with Gasteiger partial charge >= 0.3 is 0 Å². The van der Waals surface area contributed by atoms with Crippen molar-refractivity contribution in [2.45, 2.75) is 24.3 Å². The molecule has 2 aromatic rings. The van der Waals surface area contributed by atoms with E-state index >= 15 is 0 Å². The highest BCUT2D eigenvalue weighted by atomic mass is 32.2. The molecule has 2 aromatic carbocycles. The molecule has 0 saturated carbocycles. The lowest BCUT2D eigenvalue weighted by Crippen LogP contribution is -2.32. The fourth-order valence-electron chi connectivity index (χ4n) is 2.06. The fraction of sp³-hybridized carbons (Fsp3) is 0.200. The smallest absolute Gasteiger partial charge is 0.208 e. The van der Waals surface area contributed by atoms with E-state index in [0.29, 0.717) is 11.3 Å². The van der Waals surface area contributed by atoms with Crippen molar-refractivity contribution in [1.82, 2.24) is 4.72 Å². The van der Waals surface area contributed by atoms with Crippen molar-refractivity contribution in [2.24, 2.45) is 0 Å². The van der Waals surface area contributed by atoms with E-state index in [4.69, 9.17) is 0 Å². The molecule has 0 aliphatic rings. The summed E-state index contributed by atoms with van der Waals surface area (Å²) in [6.45, 7) is 5.44. The third-order valence-electron chi connectivity index (χ3n) is 2.92. The van der Waals surface area contributed by atoms with Crippen molar-refractivity contribution in [3.8, 4) is 0 Å². The maximum Gasteiger partial charge on any atom is 0.241 e. The Morgan fingerprint density at radius 1 is 1.21 bits per heavy atom. The molecule has 0 radical (unpaired) electrons. The topological polar surface area (TPSA) is 46.2 Å². The highest BCUT2D eigenvalue weighted by Crippen LogP contribution is 2.22. The number of hydrogen-bond donors (Lipinski definition) is 1. The number of nitrogens with one attached hydrogen (secondary N) is 1. The maximum atomic E-state index is 12.4. The van der Waals surface area contributed by atoms with Crippen LogP contribution in [0, 0.1) is 0 Å². The molecule has 0 bridgehead atoms. The van der Waals surface area contributed by atoms with E-state index < -0.39 is 10.0 Å². The standard InChI is InChI=1S/C15H17NO2S/c1-3-7-12(2)16-19(17,18)15-11-6-9-13-8-4-5-10-14(13)15/h3-6,8-12,16H,1,7H2,2H3. The summed E-state index contributed by atoms with van der Waals surface area (Å²) in [5, 5.41) is 1.66. The minimum Gasteiger partial charge on any atom is -0.208 e. The summed E-state index contributed by atoms with van der Waals surface area (Å²) >= 11 is 0. The summed E-state index contributed by atoms with van der Waals surface area (Å²) in [5.74, 6) is 0. The normalized spacial score (nSPS) is 13.3. The zero-order valence-corrected chi connectivity index (χ0v) is 11.7. The number of benzene rings is 2. The van der Waals surface area contributed by atoms with Gasteiger partial charge in [0.05, 0.1) is 4.90 Å². The van der Waals surface area contributed by atoms with Crippen molar-refractivity contribution < 1.29 is 8.42 Å². The molecule has 3 nitrogen and oxygen atoms in total. The van der Waals surface area contributed by atoms with E-state index in [-0.39, 0.29) is 6.04 Å². The van der Waals surface area contributed by atoms with Crippen molar-refractivity contribution in [1.29, 1.82) is 0 Å². The van der Waals surface area contributed by atoms with Gasteiger partial charge in [-0.3, -0.25) is 0 Å². The minimum absolute atomic E-state index is 0.165. The van der Waals surface area contributed by atoms with Crippen LogP contribution in [0.4, 0.5) is 0 Å². The van der Waals surface area contributed by atoms with E-state index in [9.17, 15) is 8.42 Å². The lowest BCUT2D eigenvalue weighted by Gasteiger charge is -2.13. The lowest BCUT2D eigenvalue weighted by atomic mass is 10.1. The first-order chi connectivity index (χ1) is 9.04. The molecule has 100 valence electrons. The summed E-state index contributed by atoms with van der Waals surface area (Å²) in [7, 11) is -3.51. The first-order valence-electron chi connectivity index (χ1n) is 6.15. The van der Waals surface area contributed by atoms with Gasteiger partial charge in [0.2, 0.25) is 10.0 Å². The second-order valence-electron chi connectivity index (χ2n) is 4.52. The van der Waals surface area contributed by atoms with E-state index in [0.717, 1.165) is 10.8 Å². The molecule has 0 saturated heterocycles. The molecular formula is C15H17NO2S. The van der Waals surface area contributed by atoms with Crippen LogP contribution in [0.5, 0.6) is 0 Å². The third-order valence-corrected chi connectivity index (χ3v) is 4.56. The second kappa shape index (κ2) is 5.55. The number of sulfonamides is 1. The molecule has 19 heavy (non-hydrogen) atoms. The van der Waals surface area contributed by atoms with Gasteiger partial charge in [-0.05, 0) is 24.8 Å². The minimum atomic E-state index is -3.51. The van der Waals surface area contributed by atoms with E-state index in [1.807, 2.05) is 37.3 Å². The van der Waals surface area contributed by atoms with Crippen molar-refractivity contribution in [3.05, 3.63) is 55.1 Å². The number of fused-ring (bicyclic) bond motifs is 1. The van der Waals surface area contributed by atoms with Crippen molar-refractivity contribution in [3.63, 3.8) is 0 Å². The number of hydrogen-bond acceptors (Lipinski definition) is 2. The Morgan fingerprint density at radius 3 is 2.63 bits per heavy atom. The van der Waals surface area contributed by atoms with Crippen LogP contribution in [0.2, 0.25) is 0 Å². The van der Waals surface area contributed by atoms with Gasteiger partial charge in [0.1, 0.15) is 0 Å². The SMILES string of the molecule is C=CCC(C)NS(=O)(=O)c1cccc2ccccc12. The highest BCUT2D eigenvalue weighted by Gasteiger charge is 2.18. The third kappa shape index (κ3) is 3.03. The van der Waals surface area contributed by atoms with Crippen molar-refractivity contribution in [2.75, 3.05) is 0 Å². The van der Waals surface area contributed by atoms with Crippen LogP contribution in [-0.2, 0) is 10.0 Å². The molecular weight excluding hydrogens is 258 g/mol. The number of rotatable bonds is 5. The lowest BCUT2D eigenvalue weighted by molar-refractivity contribution is 0.563. The maximum absolute atomic E-state index is 12.4. The largest absolute Gasteiger partial charge is 0.241 e. The molecule has 0 aromatic heterocycles. The van der Waals surface area contributed by atoms with Crippen molar-refractivity contribution >= 4 is 20.8 Å². The zero-order chi connectivity index (χ0) is 13.9. The van der Waals surface area contributed by atoms with Crippen LogP contribution in [0.15, 0.2) is 60.0 Å². The van der Waals surface area contributed by atoms with Gasteiger partial charge in [-0.15, -0.1) is 6.58 Å². The van der Waals surface area contributed by atoms with E-state index in [1.165, 1.54) is 0 Å². The summed E-state index contributed by atoms with van der Waals surface area (Å²) < 4.78 is 27.4. The van der Waals surface area contributed by atoms with E-state index in [1.54, 1.807) is 18.2 Å². The first-order valence-corrected chi connectivity index (χ1v) is 7.64. The molecule has 0 fully saturated rings. The van der Waals surface area contributed by atoms with Gasteiger partial charge in [0, 0.05) is 11.4 Å². The van der Waals surface area contributed by atoms with Crippen LogP contribution in [0.1, 0.15) is 13.3 Å². The predicted octanol–water partition coefficient (Wildman–Crippen LogP) is 3.08. The second-order valence-corrected chi connectivity index (χ2v) is 6.21. The molecule has 1 N–H and O–H groups in total. The van der Waals surface area contributed by atoms with Gasteiger partial charge < -0.3 is 0 Å². The molecule has 0 amide bonds. The predicted molar refractivity (Wildman–Crippen MR) is 78.5 cm³/mol. The molecule has 2 rings (SSSR count). The van der Waals surface area contributed by atoms with Crippen LogP contribution < -0.4 is 4.72 Å². The molecule has 4 heteroatoms. The first kappa shape index (κ1) is 13.8. The molecule has 0 heterocycles. The summed E-state index contributed by atoms with van der Waals surface area (Å²) in [6, 6.07) is 12.6. The van der Waals surface area contributed by atoms with Gasteiger partial charge in [-0.25, -0.2) is 13.1 Å². The van der Waals surface area contributed by atoms with Crippen LogP contribution in [0.3, 0.4) is 0 Å². The zero-order valence-electron chi connectivity index (χ0n) is 10.8. The molecule has 0 aliphatic heterocycles. The molecule has 0 aliphatic carbocycles. The monoisotopic (exact) mass is 275 g/mol. The average molecular weight is 275 g/mol. The van der Waals surface area contributed by atoms with Gasteiger partial charge in [0.15, 0.2) is 0 Å². The Morgan fingerprint density at radius 2 is 1.89 bits per heavy atom. The van der Waals surface area contributed by atoms with Crippen LogP contribution in [0.25, 0.3) is 10.8 Å². The highest BCUT2D eigenvalue weighted by molar-refractivity contribution is 7.89. The van der Waals surface area contributed by atoms with Crippen LogP contribution >= 0.6 is 0 Å². The summed E-state index contributed by atoms with van der Waals surface area (Å²) in [4.78, 5) is 0.321. The molecule has 1 unspecified atom stereocenters. The van der Waals surface area contributed by atoms with Gasteiger partial charge in [-0.2, -0.15) is 0 Å².